The average molecular weight is 567 g/mol. The first-order valence-electron chi connectivity index (χ1n) is 13.5. The fraction of sp³-hybridized carbons (Fsp3) is 0. The van der Waals surface area contributed by atoms with E-state index in [-0.39, 0.29) is 22.9 Å². The number of para-hydroxylation sites is 4. The number of aromatic nitrogens is 4. The van der Waals surface area contributed by atoms with Crippen molar-refractivity contribution < 1.29 is 10.2 Å². The van der Waals surface area contributed by atoms with Crippen LogP contribution in [0.1, 0.15) is 11.1 Å². The summed E-state index contributed by atoms with van der Waals surface area (Å²) in [4.78, 5) is 26.9. The largest absolute Gasteiger partial charge is 0.493 e. The molecule has 8 nitrogen and oxygen atoms in total. The van der Waals surface area contributed by atoms with Crippen LogP contribution in [0.4, 0.5) is 0 Å². The molecule has 6 aromatic rings. The van der Waals surface area contributed by atoms with Crippen molar-refractivity contribution in [1.29, 1.82) is 0 Å². The van der Waals surface area contributed by atoms with Gasteiger partial charge in [0.05, 0.1) is 22.7 Å². The Labute approximate surface area is 246 Å². The van der Waals surface area contributed by atoms with Crippen LogP contribution >= 0.6 is 0 Å². The van der Waals surface area contributed by atoms with Crippen LogP contribution in [0, 0.1) is 0 Å². The Morgan fingerprint density at radius 1 is 0.488 bits per heavy atom. The van der Waals surface area contributed by atoms with Gasteiger partial charge in [-0.25, -0.2) is 18.7 Å². The van der Waals surface area contributed by atoms with Gasteiger partial charge in [0, 0.05) is 0 Å². The standard InChI is InChI=1S/C35H26N4O4/c40-32-30(33(41)37(27-18-8-2-9-19-27)36(32)26-16-6-1-7-17-26)24-14-5-15-25-31-34(42)38(28-20-10-3-11-21-28)39(35(31)43)29-22-12-4-13-23-29/h1-14,16-25,40,42H. The number of nitrogens with zero attached hydrogens (tertiary/aromatic N) is 4. The molecule has 0 fully saturated rings. The van der Waals surface area contributed by atoms with Gasteiger partial charge in [-0.2, -0.15) is 0 Å². The molecule has 0 atom stereocenters. The van der Waals surface area contributed by atoms with Gasteiger partial charge in [-0.1, -0.05) is 78.9 Å². The van der Waals surface area contributed by atoms with Crippen molar-refractivity contribution >= 4 is 12.2 Å². The third-order valence-electron chi connectivity index (χ3n) is 6.81. The first-order chi connectivity index (χ1) is 21.1. The van der Waals surface area contributed by atoms with E-state index in [1.807, 2.05) is 72.8 Å². The molecule has 0 saturated carbocycles. The topological polar surface area (TPSA) is 94.3 Å². The Kier molecular flexibility index (Phi) is 7.34. The maximum atomic E-state index is 13.5. The van der Waals surface area contributed by atoms with Crippen LogP contribution in [0.2, 0.25) is 0 Å². The molecule has 0 aliphatic carbocycles. The minimum absolute atomic E-state index is 0.0434. The molecule has 6 rings (SSSR count). The molecular weight excluding hydrogens is 540 g/mol. The zero-order chi connectivity index (χ0) is 29.8. The van der Waals surface area contributed by atoms with E-state index < -0.39 is 11.1 Å². The highest BCUT2D eigenvalue weighted by Crippen LogP contribution is 2.25. The Morgan fingerprint density at radius 2 is 0.837 bits per heavy atom. The number of hydrogen-bond acceptors (Lipinski definition) is 4. The van der Waals surface area contributed by atoms with E-state index in [0.717, 1.165) is 0 Å². The summed E-state index contributed by atoms with van der Waals surface area (Å²) < 4.78 is 5.69. The predicted octanol–water partition coefficient (Wildman–Crippen LogP) is 5.86. The average Bonchev–Trinajstić information content (AvgIpc) is 3.46. The molecule has 210 valence electrons. The van der Waals surface area contributed by atoms with E-state index in [0.29, 0.717) is 22.7 Å². The quantitative estimate of drug-likeness (QED) is 0.187. The molecule has 0 saturated heterocycles. The summed E-state index contributed by atoms with van der Waals surface area (Å²) in [6, 6.07) is 36.3. The Bertz CT molecular complexity index is 2100. The zero-order valence-electron chi connectivity index (χ0n) is 22.9. The predicted molar refractivity (Wildman–Crippen MR) is 168 cm³/mol. The van der Waals surface area contributed by atoms with Crippen molar-refractivity contribution in [3.63, 3.8) is 0 Å². The summed E-state index contributed by atoms with van der Waals surface area (Å²) in [5, 5.41) is 22.3. The molecule has 0 spiro atoms. The molecule has 2 heterocycles. The summed E-state index contributed by atoms with van der Waals surface area (Å²) in [5.41, 5.74) is 4.58. The van der Waals surface area contributed by atoms with Crippen LogP contribution in [0.5, 0.6) is 11.8 Å². The molecule has 2 N–H and O–H groups in total. The normalized spacial score (nSPS) is 11.0. The lowest BCUT2D eigenvalue weighted by Crippen LogP contribution is -2.20. The van der Waals surface area contributed by atoms with E-state index >= 15 is 0 Å². The molecule has 0 radical (unpaired) electrons. The highest BCUT2D eigenvalue weighted by Gasteiger charge is 2.21. The Balaban J connectivity index is 1.40. The number of allylic oxidation sites excluding steroid dienone is 2. The first kappa shape index (κ1) is 27.0. The molecule has 0 bridgehead atoms. The maximum absolute atomic E-state index is 13.5. The van der Waals surface area contributed by atoms with Crippen molar-refractivity contribution in [2.75, 3.05) is 0 Å². The number of hydrogen-bond donors (Lipinski definition) is 2. The van der Waals surface area contributed by atoms with Crippen molar-refractivity contribution in [1.82, 2.24) is 18.7 Å². The minimum Gasteiger partial charge on any atom is -0.493 e. The van der Waals surface area contributed by atoms with Crippen LogP contribution in [-0.2, 0) is 0 Å². The summed E-state index contributed by atoms with van der Waals surface area (Å²) in [7, 11) is 0. The van der Waals surface area contributed by atoms with Gasteiger partial charge < -0.3 is 10.2 Å². The molecule has 0 aliphatic heterocycles. The summed E-state index contributed by atoms with van der Waals surface area (Å²) in [5.74, 6) is -0.467. The molecule has 2 aromatic heterocycles. The minimum atomic E-state index is -0.430. The fourth-order valence-electron chi connectivity index (χ4n) is 4.84. The lowest BCUT2D eigenvalue weighted by atomic mass is 10.2. The Hall–Kier alpha value is -6.24. The van der Waals surface area contributed by atoms with Crippen molar-refractivity contribution in [2.45, 2.75) is 0 Å². The van der Waals surface area contributed by atoms with Crippen LogP contribution < -0.4 is 11.1 Å². The van der Waals surface area contributed by atoms with E-state index in [4.69, 9.17) is 0 Å². The third-order valence-corrected chi connectivity index (χ3v) is 6.81. The fourth-order valence-corrected chi connectivity index (χ4v) is 4.84. The van der Waals surface area contributed by atoms with E-state index in [1.165, 1.54) is 37.0 Å². The summed E-state index contributed by atoms with van der Waals surface area (Å²) in [6.45, 7) is 0. The number of benzene rings is 4. The SMILES string of the molecule is O=c1c(C=C=CC=Cc2c(O)n(-c3ccccc3)n(-c3ccccc3)c2=O)c(O)n(-c2ccccc2)n1-c1ccccc1. The number of aromatic hydroxyl groups is 2. The molecule has 0 unspecified atom stereocenters. The van der Waals surface area contributed by atoms with Gasteiger partial charge in [0.15, 0.2) is 0 Å². The third kappa shape index (κ3) is 5.06. The van der Waals surface area contributed by atoms with E-state index in [2.05, 4.69) is 5.73 Å². The lowest BCUT2D eigenvalue weighted by molar-refractivity contribution is 0.424. The first-order valence-corrected chi connectivity index (χ1v) is 13.5. The van der Waals surface area contributed by atoms with E-state index in [1.54, 1.807) is 54.6 Å². The molecule has 0 amide bonds. The second-order valence-corrected chi connectivity index (χ2v) is 9.51. The van der Waals surface area contributed by atoms with Gasteiger partial charge in [0.1, 0.15) is 11.1 Å². The molecule has 8 heteroatoms. The monoisotopic (exact) mass is 566 g/mol. The summed E-state index contributed by atoms with van der Waals surface area (Å²) >= 11 is 0. The maximum Gasteiger partial charge on any atom is 0.283 e. The highest BCUT2D eigenvalue weighted by molar-refractivity contribution is 5.61. The van der Waals surface area contributed by atoms with E-state index in [9.17, 15) is 19.8 Å². The Morgan fingerprint density at radius 3 is 1.26 bits per heavy atom. The van der Waals surface area contributed by atoms with Gasteiger partial charge in [-0.05, 0) is 66.8 Å². The van der Waals surface area contributed by atoms with Crippen LogP contribution in [0.15, 0.2) is 149 Å². The van der Waals surface area contributed by atoms with Crippen molar-refractivity contribution in [2.24, 2.45) is 0 Å². The molecule has 43 heavy (non-hydrogen) atoms. The van der Waals surface area contributed by atoms with Gasteiger partial charge in [-0.3, -0.25) is 9.59 Å². The van der Waals surface area contributed by atoms with Crippen LogP contribution in [-0.4, -0.2) is 28.9 Å². The smallest absolute Gasteiger partial charge is 0.283 e. The van der Waals surface area contributed by atoms with Crippen LogP contribution in [0.3, 0.4) is 0 Å². The van der Waals surface area contributed by atoms with Crippen molar-refractivity contribution in [3.8, 4) is 34.5 Å². The van der Waals surface area contributed by atoms with Gasteiger partial charge >= 0.3 is 0 Å². The van der Waals surface area contributed by atoms with Gasteiger partial charge in [0.25, 0.3) is 11.1 Å². The van der Waals surface area contributed by atoms with Gasteiger partial charge in [0.2, 0.25) is 11.8 Å². The zero-order valence-corrected chi connectivity index (χ0v) is 22.9. The molecular formula is C35H26N4O4. The molecule has 4 aromatic carbocycles. The van der Waals surface area contributed by atoms with Crippen molar-refractivity contribution in [3.05, 3.63) is 171 Å². The second-order valence-electron chi connectivity index (χ2n) is 9.51. The molecule has 0 aliphatic rings. The van der Waals surface area contributed by atoms with Gasteiger partial charge in [-0.15, -0.1) is 5.73 Å². The highest BCUT2D eigenvalue weighted by atomic mass is 16.3. The number of rotatable bonds is 7. The summed E-state index contributed by atoms with van der Waals surface area (Å²) in [6.07, 6.45) is 5.91. The second kappa shape index (κ2) is 11.7. The van der Waals surface area contributed by atoms with Crippen LogP contribution in [0.25, 0.3) is 34.9 Å². The lowest BCUT2D eigenvalue weighted by Gasteiger charge is -2.12.